The molecule has 1 aromatic carbocycles. The predicted octanol–water partition coefficient (Wildman–Crippen LogP) is 4.82. The molecule has 82 valence electrons. The maximum Gasteiger partial charge on any atom is 0.444 e. The quantitative estimate of drug-likeness (QED) is 0.652. The molecule has 1 aromatic rings. The van der Waals surface area contributed by atoms with E-state index in [9.17, 15) is 13.2 Å². The summed E-state index contributed by atoms with van der Waals surface area (Å²) in [5, 5.41) is -1.51. The van der Waals surface area contributed by atoms with Crippen LogP contribution in [0.1, 0.15) is 0 Å². The van der Waals surface area contributed by atoms with Crippen molar-refractivity contribution in [2.75, 3.05) is 0 Å². The Balaban J connectivity index is 3.19. The van der Waals surface area contributed by atoms with Crippen LogP contribution in [0.3, 0.4) is 0 Å². The van der Waals surface area contributed by atoms with Crippen LogP contribution in [-0.4, -0.2) is 11.3 Å². The van der Waals surface area contributed by atoms with Crippen LogP contribution in [0.15, 0.2) is 23.2 Å². The lowest BCUT2D eigenvalue weighted by atomic mass is 10.3. The lowest BCUT2D eigenvalue weighted by molar-refractivity contribution is -0.0558. The highest BCUT2D eigenvalue weighted by molar-refractivity contribution is 6.67. The first-order chi connectivity index (χ1) is 6.82. The normalized spacial score (nSPS) is 13.1. The van der Waals surface area contributed by atoms with Gasteiger partial charge < -0.3 is 0 Å². The minimum Gasteiger partial charge on any atom is -0.229 e. The number of para-hydroxylation sites is 1. The molecule has 7 heteroatoms. The summed E-state index contributed by atoms with van der Waals surface area (Å²) in [6.07, 6.45) is -4.70. The summed E-state index contributed by atoms with van der Waals surface area (Å²) in [6.45, 7) is 0. The molecular formula is C8H3Cl3F3N. The van der Waals surface area contributed by atoms with Crippen LogP contribution >= 0.6 is 34.8 Å². The topological polar surface area (TPSA) is 12.4 Å². The second-order valence-corrected chi connectivity index (χ2v) is 3.64. The van der Waals surface area contributed by atoms with E-state index in [1.165, 1.54) is 18.2 Å². The highest BCUT2D eigenvalue weighted by Gasteiger charge is 2.34. The van der Waals surface area contributed by atoms with Crippen molar-refractivity contribution in [1.29, 1.82) is 0 Å². The Hall–Kier alpha value is -0.450. The Morgan fingerprint density at radius 1 is 1.13 bits per heavy atom. The molecule has 0 amide bonds. The second-order valence-electron chi connectivity index (χ2n) is 2.47. The summed E-state index contributed by atoms with van der Waals surface area (Å²) >= 11 is 16.2. The van der Waals surface area contributed by atoms with Crippen LogP contribution in [-0.2, 0) is 0 Å². The fraction of sp³-hybridized carbons (Fsp3) is 0.125. The number of alkyl halides is 3. The maximum absolute atomic E-state index is 12.0. The van der Waals surface area contributed by atoms with Crippen LogP contribution in [0.2, 0.25) is 10.0 Å². The third-order valence-corrected chi connectivity index (χ3v) is 2.29. The molecule has 0 fully saturated rings. The Labute approximate surface area is 98.5 Å². The maximum atomic E-state index is 12.0. The monoisotopic (exact) mass is 275 g/mol. The lowest BCUT2D eigenvalue weighted by Gasteiger charge is -2.05. The number of hydrogen-bond acceptors (Lipinski definition) is 1. The van der Waals surface area contributed by atoms with E-state index in [1.807, 2.05) is 0 Å². The third-order valence-electron chi connectivity index (χ3n) is 1.38. The molecule has 0 atom stereocenters. The van der Waals surface area contributed by atoms with E-state index in [2.05, 4.69) is 4.99 Å². The van der Waals surface area contributed by atoms with Gasteiger partial charge in [0.1, 0.15) is 5.69 Å². The second kappa shape index (κ2) is 4.60. The van der Waals surface area contributed by atoms with E-state index >= 15 is 0 Å². The molecular weight excluding hydrogens is 273 g/mol. The molecule has 0 heterocycles. The van der Waals surface area contributed by atoms with Gasteiger partial charge in [0.15, 0.2) is 0 Å². The summed E-state index contributed by atoms with van der Waals surface area (Å²) < 4.78 is 36.1. The molecule has 0 aliphatic rings. The molecule has 0 spiro atoms. The van der Waals surface area contributed by atoms with Gasteiger partial charge >= 0.3 is 6.18 Å². The summed E-state index contributed by atoms with van der Waals surface area (Å²) in [7, 11) is 0. The van der Waals surface area contributed by atoms with Gasteiger partial charge in [0.2, 0.25) is 5.17 Å². The van der Waals surface area contributed by atoms with Gasteiger partial charge in [-0.05, 0) is 12.1 Å². The van der Waals surface area contributed by atoms with Crippen molar-refractivity contribution >= 4 is 45.7 Å². The van der Waals surface area contributed by atoms with Crippen molar-refractivity contribution in [2.45, 2.75) is 6.18 Å². The molecule has 0 radical (unpaired) electrons. The zero-order valence-electron chi connectivity index (χ0n) is 6.95. The van der Waals surface area contributed by atoms with Gasteiger partial charge in [-0.2, -0.15) is 13.2 Å². The molecule has 0 aromatic heterocycles. The molecule has 0 unspecified atom stereocenters. The lowest BCUT2D eigenvalue weighted by Crippen LogP contribution is -2.16. The van der Waals surface area contributed by atoms with Crippen molar-refractivity contribution in [3.63, 3.8) is 0 Å². The van der Waals surface area contributed by atoms with Crippen LogP contribution in [0, 0.1) is 0 Å². The highest BCUT2D eigenvalue weighted by atomic mass is 35.5. The van der Waals surface area contributed by atoms with E-state index in [-0.39, 0.29) is 15.7 Å². The minimum atomic E-state index is -4.70. The van der Waals surface area contributed by atoms with Crippen molar-refractivity contribution in [3.05, 3.63) is 28.2 Å². The van der Waals surface area contributed by atoms with Gasteiger partial charge in [0, 0.05) is 0 Å². The van der Waals surface area contributed by atoms with E-state index < -0.39 is 11.3 Å². The molecule has 0 aliphatic carbocycles. The average molecular weight is 276 g/mol. The molecule has 0 saturated carbocycles. The number of benzene rings is 1. The van der Waals surface area contributed by atoms with Gasteiger partial charge in [0.05, 0.1) is 10.0 Å². The van der Waals surface area contributed by atoms with Crippen molar-refractivity contribution < 1.29 is 13.2 Å². The first-order valence-corrected chi connectivity index (χ1v) is 4.71. The third kappa shape index (κ3) is 3.26. The van der Waals surface area contributed by atoms with Crippen molar-refractivity contribution in [3.8, 4) is 0 Å². The number of hydrogen-bond donors (Lipinski definition) is 0. The van der Waals surface area contributed by atoms with Crippen LogP contribution in [0.4, 0.5) is 18.9 Å². The molecule has 1 nitrogen and oxygen atoms in total. The zero-order chi connectivity index (χ0) is 11.6. The molecule has 0 saturated heterocycles. The summed E-state index contributed by atoms with van der Waals surface area (Å²) in [4.78, 5) is 3.12. The first-order valence-electron chi connectivity index (χ1n) is 3.58. The smallest absolute Gasteiger partial charge is 0.229 e. The Morgan fingerprint density at radius 2 is 1.60 bits per heavy atom. The van der Waals surface area contributed by atoms with Crippen LogP contribution in [0.5, 0.6) is 0 Å². The van der Waals surface area contributed by atoms with E-state index in [1.54, 1.807) is 0 Å². The standard InChI is InChI=1S/C8H3Cl3F3N/c9-4-2-1-3-5(10)6(4)15-7(11)8(12,13)14/h1-3H. The summed E-state index contributed by atoms with van der Waals surface area (Å²) in [6, 6.07) is 4.23. The van der Waals surface area contributed by atoms with Gasteiger partial charge in [0.25, 0.3) is 0 Å². The zero-order valence-corrected chi connectivity index (χ0v) is 9.21. The van der Waals surface area contributed by atoms with Gasteiger partial charge in [-0.1, -0.05) is 40.9 Å². The van der Waals surface area contributed by atoms with Crippen molar-refractivity contribution in [1.82, 2.24) is 0 Å². The molecule has 0 aliphatic heterocycles. The largest absolute Gasteiger partial charge is 0.444 e. The van der Waals surface area contributed by atoms with E-state index in [0.717, 1.165) is 0 Å². The molecule has 0 bridgehead atoms. The van der Waals surface area contributed by atoms with E-state index in [4.69, 9.17) is 34.8 Å². The fourth-order valence-electron chi connectivity index (χ4n) is 0.757. The van der Waals surface area contributed by atoms with Crippen LogP contribution in [0.25, 0.3) is 0 Å². The Kier molecular flexibility index (Phi) is 3.87. The number of halogens is 6. The summed E-state index contributed by atoms with van der Waals surface area (Å²) in [5.74, 6) is 0. The fourth-order valence-corrected chi connectivity index (χ4v) is 1.32. The molecule has 15 heavy (non-hydrogen) atoms. The van der Waals surface area contributed by atoms with Gasteiger partial charge in [-0.25, -0.2) is 4.99 Å². The Morgan fingerprint density at radius 3 is 2.00 bits per heavy atom. The van der Waals surface area contributed by atoms with Gasteiger partial charge in [-0.15, -0.1) is 0 Å². The number of rotatable bonds is 1. The Bertz CT molecular complexity index is 380. The summed E-state index contributed by atoms with van der Waals surface area (Å²) in [5.41, 5.74) is -0.192. The number of aliphatic imine (C=N–C) groups is 1. The molecule has 1 rings (SSSR count). The van der Waals surface area contributed by atoms with Crippen LogP contribution < -0.4 is 0 Å². The average Bonchev–Trinajstić information content (AvgIpc) is 2.09. The predicted molar refractivity (Wildman–Crippen MR) is 55.5 cm³/mol. The SMILES string of the molecule is FC(F)(F)C(Cl)=Nc1c(Cl)cccc1Cl. The highest BCUT2D eigenvalue weighted by Crippen LogP contribution is 2.34. The van der Waals surface area contributed by atoms with Gasteiger partial charge in [-0.3, -0.25) is 0 Å². The van der Waals surface area contributed by atoms with Crippen molar-refractivity contribution in [2.24, 2.45) is 4.99 Å². The van der Waals surface area contributed by atoms with E-state index in [0.29, 0.717) is 0 Å². The molecule has 0 N–H and O–H groups in total. The first kappa shape index (κ1) is 12.6. The number of nitrogens with zero attached hydrogens (tertiary/aromatic N) is 1. The minimum absolute atomic E-state index is 0.00454.